The highest BCUT2D eigenvalue weighted by atomic mass is 16.1. The van der Waals surface area contributed by atoms with Crippen molar-refractivity contribution in [3.63, 3.8) is 0 Å². The Hall–Kier alpha value is -3.55. The van der Waals surface area contributed by atoms with Crippen LogP contribution in [0.25, 0.3) is 22.4 Å². The number of hydrogen-bond donors (Lipinski definition) is 1. The Kier molecular flexibility index (Phi) is 4.37. The van der Waals surface area contributed by atoms with Gasteiger partial charge in [0, 0.05) is 24.7 Å². The molecule has 2 aromatic heterocycles. The fourth-order valence-electron chi connectivity index (χ4n) is 3.15. The van der Waals surface area contributed by atoms with Gasteiger partial charge in [0.05, 0.1) is 17.6 Å². The third-order valence-corrected chi connectivity index (χ3v) is 4.46. The Balaban J connectivity index is 1.54. The van der Waals surface area contributed by atoms with Gasteiger partial charge in [-0.15, -0.1) is 5.10 Å². The molecule has 0 radical (unpaired) electrons. The summed E-state index contributed by atoms with van der Waals surface area (Å²) in [7, 11) is 1.76. The molecule has 0 spiro atoms. The van der Waals surface area contributed by atoms with Crippen molar-refractivity contribution in [1.29, 1.82) is 0 Å². The van der Waals surface area contributed by atoms with Crippen LogP contribution in [-0.4, -0.2) is 35.7 Å². The van der Waals surface area contributed by atoms with Crippen LogP contribution in [0.5, 0.6) is 0 Å². The molecule has 27 heavy (non-hydrogen) atoms. The summed E-state index contributed by atoms with van der Waals surface area (Å²) in [6.07, 6.45) is 0. The van der Waals surface area contributed by atoms with Crippen LogP contribution in [0.3, 0.4) is 0 Å². The molecule has 0 saturated heterocycles. The Labute approximate surface area is 155 Å². The fourth-order valence-corrected chi connectivity index (χ4v) is 3.15. The number of nitrogens with one attached hydrogen (secondary N) is 1. The van der Waals surface area contributed by atoms with Crippen molar-refractivity contribution in [2.45, 2.75) is 20.0 Å². The summed E-state index contributed by atoms with van der Waals surface area (Å²) in [4.78, 5) is 17.3. The third kappa shape index (κ3) is 3.17. The van der Waals surface area contributed by atoms with E-state index in [1.807, 2.05) is 36.4 Å². The van der Waals surface area contributed by atoms with Crippen molar-refractivity contribution in [3.05, 3.63) is 59.9 Å². The van der Waals surface area contributed by atoms with E-state index >= 15 is 0 Å². The predicted octanol–water partition coefficient (Wildman–Crippen LogP) is 2.18. The van der Waals surface area contributed by atoms with Crippen molar-refractivity contribution < 1.29 is 4.79 Å². The molecule has 0 aliphatic rings. The average Bonchev–Trinajstić information content (AvgIpc) is 3.28. The first-order valence-electron chi connectivity index (χ1n) is 8.72. The maximum absolute atomic E-state index is 12.6. The van der Waals surface area contributed by atoms with Gasteiger partial charge in [-0.1, -0.05) is 24.3 Å². The van der Waals surface area contributed by atoms with Gasteiger partial charge in [-0.05, 0) is 41.6 Å². The van der Waals surface area contributed by atoms with E-state index in [0.29, 0.717) is 17.9 Å². The minimum atomic E-state index is -0.165. The second kappa shape index (κ2) is 6.99. The zero-order valence-corrected chi connectivity index (χ0v) is 15.1. The van der Waals surface area contributed by atoms with E-state index in [9.17, 15) is 4.79 Å². The molecule has 8 heteroatoms. The lowest BCUT2D eigenvalue weighted by Crippen LogP contribution is -2.24. The first kappa shape index (κ1) is 16.9. The van der Waals surface area contributed by atoms with Gasteiger partial charge < -0.3 is 9.88 Å². The molecule has 1 amide bonds. The van der Waals surface area contributed by atoms with Gasteiger partial charge in [-0.25, -0.2) is 9.67 Å². The number of imidazole rings is 1. The van der Waals surface area contributed by atoms with Gasteiger partial charge in [0.25, 0.3) is 5.91 Å². The van der Waals surface area contributed by atoms with E-state index in [1.54, 1.807) is 23.9 Å². The van der Waals surface area contributed by atoms with Gasteiger partial charge in [0.2, 0.25) is 0 Å². The van der Waals surface area contributed by atoms with Crippen molar-refractivity contribution in [3.8, 4) is 11.4 Å². The largest absolute Gasteiger partial charge is 0.345 e. The van der Waals surface area contributed by atoms with Crippen LogP contribution in [0, 0.1) is 0 Å². The minimum absolute atomic E-state index is 0.165. The number of carbonyl (C=O) groups excluding carboxylic acids is 1. The second-order valence-corrected chi connectivity index (χ2v) is 6.15. The Morgan fingerprint density at radius 1 is 1.15 bits per heavy atom. The number of tetrazole rings is 1. The number of hydrogen-bond acceptors (Lipinski definition) is 5. The number of aromatic nitrogens is 6. The topological polar surface area (TPSA) is 90.5 Å². The van der Waals surface area contributed by atoms with Crippen molar-refractivity contribution in [2.75, 3.05) is 0 Å². The van der Waals surface area contributed by atoms with Crippen molar-refractivity contribution in [2.24, 2.45) is 7.05 Å². The van der Waals surface area contributed by atoms with Gasteiger partial charge in [-0.2, -0.15) is 0 Å². The van der Waals surface area contributed by atoms with Gasteiger partial charge in [-0.3, -0.25) is 4.79 Å². The number of rotatable bonds is 5. The number of benzene rings is 2. The standard InChI is InChI=1S/C19H19N7O/c1-3-26-16-10-5-4-9-15(16)21-17(26)12-20-19(27)14-8-6-7-13(11-14)18-22-23-24-25(18)2/h4-11H,3,12H2,1-2H3,(H,20,27). The van der Waals surface area contributed by atoms with Crippen LogP contribution >= 0.6 is 0 Å². The number of nitrogens with zero attached hydrogens (tertiary/aromatic N) is 6. The number of fused-ring (bicyclic) bond motifs is 1. The minimum Gasteiger partial charge on any atom is -0.345 e. The summed E-state index contributed by atoms with van der Waals surface area (Å²) in [5.74, 6) is 1.28. The van der Waals surface area contributed by atoms with Crippen LogP contribution < -0.4 is 5.32 Å². The molecule has 0 fully saturated rings. The molecule has 0 saturated carbocycles. The highest BCUT2D eigenvalue weighted by Crippen LogP contribution is 2.18. The highest BCUT2D eigenvalue weighted by molar-refractivity contribution is 5.95. The Bertz CT molecular complexity index is 1110. The molecule has 0 aliphatic carbocycles. The Morgan fingerprint density at radius 2 is 2.00 bits per heavy atom. The maximum atomic E-state index is 12.6. The van der Waals surface area contributed by atoms with Crippen LogP contribution in [-0.2, 0) is 20.1 Å². The third-order valence-electron chi connectivity index (χ3n) is 4.46. The lowest BCUT2D eigenvalue weighted by Gasteiger charge is -2.08. The zero-order valence-electron chi connectivity index (χ0n) is 15.1. The van der Waals surface area contributed by atoms with E-state index in [0.717, 1.165) is 29.0 Å². The zero-order chi connectivity index (χ0) is 18.8. The van der Waals surface area contributed by atoms with Gasteiger partial charge in [0.15, 0.2) is 5.82 Å². The van der Waals surface area contributed by atoms with Gasteiger partial charge >= 0.3 is 0 Å². The van der Waals surface area contributed by atoms with E-state index in [4.69, 9.17) is 0 Å². The van der Waals surface area contributed by atoms with Gasteiger partial charge in [0.1, 0.15) is 5.82 Å². The molecule has 2 heterocycles. The summed E-state index contributed by atoms with van der Waals surface area (Å²) < 4.78 is 3.68. The smallest absolute Gasteiger partial charge is 0.251 e. The van der Waals surface area contributed by atoms with E-state index < -0.39 is 0 Å². The molecular formula is C19H19N7O. The van der Waals surface area contributed by atoms with E-state index in [2.05, 4.69) is 37.3 Å². The van der Waals surface area contributed by atoms with Crippen LogP contribution in [0.2, 0.25) is 0 Å². The van der Waals surface area contributed by atoms with E-state index in [-0.39, 0.29) is 5.91 Å². The number of amides is 1. The molecule has 0 unspecified atom stereocenters. The molecule has 0 bridgehead atoms. The molecular weight excluding hydrogens is 342 g/mol. The first-order valence-corrected chi connectivity index (χ1v) is 8.72. The highest BCUT2D eigenvalue weighted by Gasteiger charge is 2.13. The summed E-state index contributed by atoms with van der Waals surface area (Å²) in [6.45, 7) is 3.22. The maximum Gasteiger partial charge on any atom is 0.251 e. The lowest BCUT2D eigenvalue weighted by molar-refractivity contribution is 0.0949. The predicted molar refractivity (Wildman–Crippen MR) is 101 cm³/mol. The molecule has 4 rings (SSSR count). The van der Waals surface area contributed by atoms with Crippen LogP contribution in [0.1, 0.15) is 23.1 Å². The fraction of sp³-hybridized carbons (Fsp3) is 0.211. The molecule has 0 atom stereocenters. The van der Waals surface area contributed by atoms with Crippen molar-refractivity contribution >= 4 is 16.9 Å². The first-order chi connectivity index (χ1) is 13.2. The summed E-state index contributed by atoms with van der Waals surface area (Å²) in [5.41, 5.74) is 3.34. The summed E-state index contributed by atoms with van der Waals surface area (Å²) in [6, 6.07) is 15.2. The second-order valence-electron chi connectivity index (χ2n) is 6.15. The molecule has 4 aromatic rings. The van der Waals surface area contributed by atoms with Crippen LogP contribution in [0.15, 0.2) is 48.5 Å². The quantitative estimate of drug-likeness (QED) is 0.588. The normalized spacial score (nSPS) is 11.0. The summed E-state index contributed by atoms with van der Waals surface area (Å²) >= 11 is 0. The molecule has 2 aromatic carbocycles. The summed E-state index contributed by atoms with van der Waals surface area (Å²) in [5, 5.41) is 14.4. The number of carbonyl (C=O) groups is 1. The average molecular weight is 361 g/mol. The van der Waals surface area contributed by atoms with Crippen molar-refractivity contribution in [1.82, 2.24) is 35.1 Å². The van der Waals surface area contributed by atoms with E-state index in [1.165, 1.54) is 0 Å². The number of para-hydroxylation sites is 2. The monoisotopic (exact) mass is 361 g/mol. The molecule has 1 N–H and O–H groups in total. The molecule has 136 valence electrons. The SMILES string of the molecule is CCn1c(CNC(=O)c2cccc(-c3nnnn3C)c2)nc2ccccc21. The molecule has 8 nitrogen and oxygen atoms in total. The Morgan fingerprint density at radius 3 is 2.78 bits per heavy atom. The van der Waals surface area contributed by atoms with Crippen LogP contribution in [0.4, 0.5) is 0 Å². The lowest BCUT2D eigenvalue weighted by atomic mass is 10.1. The number of aryl methyl sites for hydroxylation is 2. The molecule has 0 aliphatic heterocycles.